The zero-order valence-electron chi connectivity index (χ0n) is 16.0. The second kappa shape index (κ2) is 8.31. The van der Waals surface area contributed by atoms with Gasteiger partial charge in [-0.3, -0.25) is 9.36 Å². The Kier molecular flexibility index (Phi) is 5.64. The Bertz CT molecular complexity index is 1160. The van der Waals surface area contributed by atoms with Crippen LogP contribution in [0.3, 0.4) is 0 Å². The lowest BCUT2D eigenvalue weighted by molar-refractivity contribution is 0.397. The third-order valence-corrected chi connectivity index (χ3v) is 4.31. The summed E-state index contributed by atoms with van der Waals surface area (Å²) < 4.78 is 16.7. The minimum absolute atomic E-state index is 0.0579. The van der Waals surface area contributed by atoms with Crippen LogP contribution in [0.4, 0.5) is 11.4 Å². The van der Waals surface area contributed by atoms with Crippen molar-refractivity contribution in [1.29, 1.82) is 5.26 Å². The van der Waals surface area contributed by atoms with Crippen LogP contribution in [-0.4, -0.2) is 23.9 Å². The molecule has 0 amide bonds. The number of benzene rings is 1. The smallest absolute Gasteiger partial charge is 0.281 e. The highest BCUT2D eigenvalue weighted by Gasteiger charge is 2.20. The van der Waals surface area contributed by atoms with Crippen LogP contribution in [0.15, 0.2) is 56.0 Å². The zero-order chi connectivity index (χ0) is 21.0. The number of methoxy groups -OCH3 is 2. The van der Waals surface area contributed by atoms with E-state index in [0.29, 0.717) is 22.9 Å². The van der Waals surface area contributed by atoms with Gasteiger partial charge < -0.3 is 19.0 Å². The van der Waals surface area contributed by atoms with Crippen LogP contribution in [0.25, 0.3) is 0 Å². The fourth-order valence-electron chi connectivity index (χ4n) is 2.74. The van der Waals surface area contributed by atoms with Crippen molar-refractivity contribution in [2.45, 2.75) is 13.5 Å². The molecular formula is C20H18N4O5. The molecule has 0 saturated carbocycles. The van der Waals surface area contributed by atoms with Crippen molar-refractivity contribution in [2.24, 2.45) is 10.2 Å². The number of hydrogen-bond acceptors (Lipinski definition) is 8. The Labute approximate surface area is 166 Å². The van der Waals surface area contributed by atoms with E-state index in [0.717, 1.165) is 4.57 Å². The van der Waals surface area contributed by atoms with Gasteiger partial charge in [-0.1, -0.05) is 0 Å². The maximum atomic E-state index is 12.9. The molecule has 0 saturated heterocycles. The summed E-state index contributed by atoms with van der Waals surface area (Å²) >= 11 is 0. The SMILES string of the molecule is COc1ccc(OC)c(N=Nc2c(C)c(C#N)c(O)n(Cc3ccco3)c2=O)c1. The lowest BCUT2D eigenvalue weighted by atomic mass is 10.1. The highest BCUT2D eigenvalue weighted by molar-refractivity contribution is 5.58. The normalized spacial score (nSPS) is 10.8. The number of rotatable bonds is 6. The maximum absolute atomic E-state index is 12.9. The molecular weight excluding hydrogens is 376 g/mol. The number of aromatic nitrogens is 1. The van der Waals surface area contributed by atoms with E-state index in [2.05, 4.69) is 10.2 Å². The average Bonchev–Trinajstić information content (AvgIpc) is 3.24. The first kappa shape index (κ1) is 19.7. The molecule has 1 N–H and O–H groups in total. The van der Waals surface area contributed by atoms with Gasteiger partial charge in [-0.2, -0.15) is 5.26 Å². The summed E-state index contributed by atoms with van der Waals surface area (Å²) in [6, 6.07) is 10.2. The molecule has 0 aliphatic rings. The Hall–Kier alpha value is -4.06. The van der Waals surface area contributed by atoms with Crippen molar-refractivity contribution >= 4 is 11.4 Å². The Morgan fingerprint density at radius 3 is 2.66 bits per heavy atom. The predicted molar refractivity (Wildman–Crippen MR) is 103 cm³/mol. The summed E-state index contributed by atoms with van der Waals surface area (Å²) in [5, 5.41) is 28.0. The summed E-state index contributed by atoms with van der Waals surface area (Å²) in [4.78, 5) is 12.9. The van der Waals surface area contributed by atoms with Crippen molar-refractivity contribution in [3.05, 3.63) is 63.8 Å². The number of ether oxygens (including phenoxy) is 2. The largest absolute Gasteiger partial charge is 0.497 e. The van der Waals surface area contributed by atoms with Crippen molar-refractivity contribution in [3.8, 4) is 23.4 Å². The summed E-state index contributed by atoms with van der Waals surface area (Å²) in [6.07, 6.45) is 1.45. The van der Waals surface area contributed by atoms with Crippen LogP contribution in [0, 0.1) is 18.3 Å². The van der Waals surface area contributed by atoms with E-state index >= 15 is 0 Å². The van der Waals surface area contributed by atoms with Gasteiger partial charge in [-0.15, -0.1) is 10.2 Å². The van der Waals surface area contributed by atoms with Crippen LogP contribution in [0.1, 0.15) is 16.9 Å². The monoisotopic (exact) mass is 394 g/mol. The predicted octanol–water partition coefficient (Wildman–Crippen LogP) is 3.81. The fraction of sp³-hybridized carbons (Fsp3) is 0.200. The Morgan fingerprint density at radius 1 is 1.24 bits per heavy atom. The molecule has 3 rings (SSSR count). The molecule has 148 valence electrons. The lowest BCUT2D eigenvalue weighted by Crippen LogP contribution is -2.22. The van der Waals surface area contributed by atoms with Crippen LogP contribution in [-0.2, 0) is 6.54 Å². The number of azo groups is 1. The van der Waals surface area contributed by atoms with E-state index in [9.17, 15) is 15.2 Å². The summed E-state index contributed by atoms with van der Waals surface area (Å²) in [6.45, 7) is 1.46. The van der Waals surface area contributed by atoms with Gasteiger partial charge in [0.05, 0.1) is 27.0 Å². The standard InChI is InChI=1S/C20H18N4O5/c1-12-15(10-21)19(25)24(11-14-5-4-8-29-14)20(26)18(12)23-22-16-9-13(27-2)6-7-17(16)28-3/h4-9,25H,11H2,1-3H3. The number of pyridine rings is 1. The molecule has 0 bridgehead atoms. The number of aromatic hydroxyl groups is 1. The first-order valence-corrected chi connectivity index (χ1v) is 8.52. The van der Waals surface area contributed by atoms with Gasteiger partial charge in [-0.25, -0.2) is 0 Å². The van der Waals surface area contributed by atoms with Gasteiger partial charge >= 0.3 is 0 Å². The second-order valence-electron chi connectivity index (χ2n) is 5.99. The van der Waals surface area contributed by atoms with Crippen molar-refractivity contribution in [3.63, 3.8) is 0 Å². The van der Waals surface area contributed by atoms with E-state index < -0.39 is 11.4 Å². The van der Waals surface area contributed by atoms with E-state index in [4.69, 9.17) is 13.9 Å². The van der Waals surface area contributed by atoms with Crippen LogP contribution >= 0.6 is 0 Å². The molecule has 29 heavy (non-hydrogen) atoms. The molecule has 0 atom stereocenters. The Morgan fingerprint density at radius 2 is 2.03 bits per heavy atom. The van der Waals surface area contributed by atoms with Gasteiger partial charge in [0, 0.05) is 11.6 Å². The van der Waals surface area contributed by atoms with E-state index in [1.165, 1.54) is 27.4 Å². The van der Waals surface area contributed by atoms with Crippen LogP contribution < -0.4 is 15.0 Å². The third-order valence-electron chi connectivity index (χ3n) is 4.31. The van der Waals surface area contributed by atoms with E-state index in [-0.39, 0.29) is 23.4 Å². The fourth-order valence-corrected chi connectivity index (χ4v) is 2.74. The van der Waals surface area contributed by atoms with Crippen molar-refractivity contribution in [1.82, 2.24) is 4.57 Å². The number of nitriles is 1. The van der Waals surface area contributed by atoms with Gasteiger partial charge in [-0.05, 0) is 31.2 Å². The second-order valence-corrected chi connectivity index (χ2v) is 5.99. The molecule has 0 spiro atoms. The van der Waals surface area contributed by atoms with Gasteiger partial charge in [0.1, 0.15) is 34.6 Å². The van der Waals surface area contributed by atoms with Gasteiger partial charge in [0.15, 0.2) is 5.69 Å². The molecule has 0 aliphatic carbocycles. The third kappa shape index (κ3) is 3.82. The van der Waals surface area contributed by atoms with E-state index in [1.807, 2.05) is 6.07 Å². The molecule has 0 unspecified atom stereocenters. The molecule has 1 aromatic carbocycles. The van der Waals surface area contributed by atoms with Gasteiger partial charge in [0.2, 0.25) is 5.88 Å². The molecule has 9 nitrogen and oxygen atoms in total. The highest BCUT2D eigenvalue weighted by Crippen LogP contribution is 2.33. The first-order valence-electron chi connectivity index (χ1n) is 8.52. The quantitative estimate of drug-likeness (QED) is 0.634. The summed E-state index contributed by atoms with van der Waals surface area (Å²) in [5.74, 6) is 0.953. The molecule has 3 aromatic rings. The maximum Gasteiger partial charge on any atom is 0.281 e. The Balaban J connectivity index is 2.14. The zero-order valence-corrected chi connectivity index (χ0v) is 16.0. The first-order chi connectivity index (χ1) is 14.0. The number of furan rings is 1. The molecule has 0 radical (unpaired) electrons. The van der Waals surface area contributed by atoms with Crippen LogP contribution in [0.2, 0.25) is 0 Å². The molecule has 0 fully saturated rings. The molecule has 0 aliphatic heterocycles. The minimum Gasteiger partial charge on any atom is -0.497 e. The van der Waals surface area contributed by atoms with Gasteiger partial charge in [0.25, 0.3) is 5.56 Å². The topological polar surface area (TPSA) is 122 Å². The summed E-state index contributed by atoms with van der Waals surface area (Å²) in [7, 11) is 3.00. The lowest BCUT2D eigenvalue weighted by Gasteiger charge is -2.12. The molecule has 2 heterocycles. The van der Waals surface area contributed by atoms with Crippen molar-refractivity contribution in [2.75, 3.05) is 14.2 Å². The summed E-state index contributed by atoms with van der Waals surface area (Å²) in [5.41, 5.74) is -0.189. The minimum atomic E-state index is -0.610. The van der Waals surface area contributed by atoms with E-state index in [1.54, 1.807) is 30.3 Å². The average molecular weight is 394 g/mol. The number of nitrogens with zero attached hydrogens (tertiary/aromatic N) is 4. The highest BCUT2D eigenvalue weighted by atomic mass is 16.5. The van der Waals surface area contributed by atoms with Crippen molar-refractivity contribution < 1.29 is 19.0 Å². The van der Waals surface area contributed by atoms with Crippen LogP contribution in [0.5, 0.6) is 17.4 Å². The molecule has 2 aromatic heterocycles. The number of hydrogen-bond donors (Lipinski definition) is 1. The molecule has 9 heteroatoms.